The van der Waals surface area contributed by atoms with Gasteiger partial charge in [0.1, 0.15) is 9.88 Å². The van der Waals surface area contributed by atoms with Gasteiger partial charge in [0, 0.05) is 18.7 Å². The number of nitrogens with two attached hydrogens (primary N) is 1. The molecule has 2 heterocycles. The number of carbonyl (C=O) groups is 2. The molecule has 3 aromatic rings. The number of nitrogens with one attached hydrogen (secondary N) is 1. The van der Waals surface area contributed by atoms with E-state index in [1.165, 1.54) is 18.3 Å². The molecule has 1 aliphatic rings. The molecule has 0 radical (unpaired) electrons. The molecule has 35 heavy (non-hydrogen) atoms. The first kappa shape index (κ1) is 24.6. The smallest absolute Gasteiger partial charge is 0.404 e. The first-order chi connectivity index (χ1) is 16.7. The summed E-state index contributed by atoms with van der Waals surface area (Å²) in [6.45, 7) is 2.10. The van der Waals surface area contributed by atoms with Crippen LogP contribution in [0.5, 0.6) is 5.75 Å². The molecule has 3 N–H and O–H groups in total. The SMILES string of the molecule is NC(=O)c1cnc(-c2cccc(-c3ccc(OC(F)(F)F)c(NC(=O)CN4CCOCC4)c3)c2)s1. The highest BCUT2D eigenvalue weighted by Crippen LogP contribution is 2.36. The van der Waals surface area contributed by atoms with Crippen molar-refractivity contribution in [3.05, 3.63) is 53.5 Å². The van der Waals surface area contributed by atoms with E-state index in [1.807, 2.05) is 4.90 Å². The Morgan fingerprint density at radius 3 is 2.51 bits per heavy atom. The average molecular weight is 507 g/mol. The van der Waals surface area contributed by atoms with E-state index in [4.69, 9.17) is 10.5 Å². The van der Waals surface area contributed by atoms with Crippen LogP contribution in [-0.4, -0.2) is 60.9 Å². The van der Waals surface area contributed by atoms with Crippen molar-refractivity contribution in [3.8, 4) is 27.4 Å². The summed E-state index contributed by atoms with van der Waals surface area (Å²) >= 11 is 1.13. The van der Waals surface area contributed by atoms with Crippen molar-refractivity contribution in [1.29, 1.82) is 0 Å². The van der Waals surface area contributed by atoms with Crippen molar-refractivity contribution >= 4 is 28.8 Å². The number of benzene rings is 2. The molecule has 0 unspecified atom stereocenters. The third-order valence-electron chi connectivity index (χ3n) is 5.14. The van der Waals surface area contributed by atoms with Crippen molar-refractivity contribution in [3.63, 3.8) is 0 Å². The number of alkyl halides is 3. The molecule has 0 atom stereocenters. The zero-order valence-electron chi connectivity index (χ0n) is 18.3. The summed E-state index contributed by atoms with van der Waals surface area (Å²) in [6.07, 6.45) is -3.53. The fourth-order valence-corrected chi connectivity index (χ4v) is 4.29. The zero-order chi connectivity index (χ0) is 25.0. The number of carbonyl (C=O) groups excluding carboxylic acids is 2. The van der Waals surface area contributed by atoms with Gasteiger partial charge in [-0.1, -0.05) is 24.3 Å². The standard InChI is InChI=1S/C23H21F3N4O4S/c24-23(25,26)34-18-5-4-15(11-17(18)29-20(31)13-30-6-8-33-9-7-30)14-2-1-3-16(10-14)22-28-12-19(35-22)21(27)32/h1-5,10-12H,6-9,13H2,(H2,27,32)(H,29,31). The Morgan fingerprint density at radius 2 is 1.83 bits per heavy atom. The lowest BCUT2D eigenvalue weighted by Crippen LogP contribution is -2.41. The molecule has 0 bridgehead atoms. The van der Waals surface area contributed by atoms with Gasteiger partial charge in [0.25, 0.3) is 5.91 Å². The molecule has 1 saturated heterocycles. The van der Waals surface area contributed by atoms with E-state index in [1.54, 1.807) is 24.3 Å². The van der Waals surface area contributed by atoms with Gasteiger partial charge in [-0.25, -0.2) is 4.98 Å². The Morgan fingerprint density at radius 1 is 1.11 bits per heavy atom. The Balaban J connectivity index is 1.61. The molecule has 1 aromatic heterocycles. The number of nitrogens with zero attached hydrogens (tertiary/aromatic N) is 2. The van der Waals surface area contributed by atoms with Crippen molar-refractivity contribution in [1.82, 2.24) is 9.88 Å². The lowest BCUT2D eigenvalue weighted by atomic mass is 10.0. The lowest BCUT2D eigenvalue weighted by Gasteiger charge is -2.26. The number of anilines is 1. The summed E-state index contributed by atoms with van der Waals surface area (Å²) in [5.41, 5.74) is 7.11. The van der Waals surface area contributed by atoms with E-state index in [0.29, 0.717) is 52.9 Å². The predicted octanol–water partition coefficient (Wildman–Crippen LogP) is 3.75. The number of amides is 2. The Hall–Kier alpha value is -3.48. The summed E-state index contributed by atoms with van der Waals surface area (Å²) < 4.78 is 48.3. The van der Waals surface area contributed by atoms with Crippen LogP contribution < -0.4 is 15.8 Å². The van der Waals surface area contributed by atoms with Crippen molar-refractivity contribution in [2.24, 2.45) is 5.73 Å². The Kier molecular flexibility index (Phi) is 7.34. The molecule has 0 saturated carbocycles. The molecule has 1 fully saturated rings. The second-order valence-corrected chi connectivity index (χ2v) is 8.70. The van der Waals surface area contributed by atoms with Crippen LogP contribution in [0.15, 0.2) is 48.7 Å². The van der Waals surface area contributed by atoms with Crippen molar-refractivity contribution in [2.75, 3.05) is 38.2 Å². The predicted molar refractivity (Wildman–Crippen MR) is 124 cm³/mol. The molecule has 12 heteroatoms. The van der Waals surface area contributed by atoms with Gasteiger partial charge in [0.05, 0.1) is 31.6 Å². The lowest BCUT2D eigenvalue weighted by molar-refractivity contribution is -0.274. The first-order valence-electron chi connectivity index (χ1n) is 10.5. The number of hydrogen-bond acceptors (Lipinski definition) is 7. The van der Waals surface area contributed by atoms with Gasteiger partial charge in [0.2, 0.25) is 5.91 Å². The number of hydrogen-bond donors (Lipinski definition) is 2. The van der Waals surface area contributed by atoms with E-state index in [0.717, 1.165) is 17.4 Å². The quantitative estimate of drug-likeness (QED) is 0.506. The van der Waals surface area contributed by atoms with E-state index in [-0.39, 0.29) is 12.2 Å². The Bertz CT molecular complexity index is 1230. The van der Waals surface area contributed by atoms with E-state index in [2.05, 4.69) is 15.0 Å². The van der Waals surface area contributed by atoms with Gasteiger partial charge >= 0.3 is 6.36 Å². The summed E-state index contributed by atoms with van der Waals surface area (Å²) in [5.74, 6) is -1.56. The van der Waals surface area contributed by atoms with Gasteiger partial charge in [0.15, 0.2) is 5.75 Å². The highest BCUT2D eigenvalue weighted by Gasteiger charge is 2.32. The summed E-state index contributed by atoms with van der Waals surface area (Å²) in [6, 6.07) is 11.1. The second-order valence-electron chi connectivity index (χ2n) is 7.67. The van der Waals surface area contributed by atoms with Gasteiger partial charge < -0.3 is 20.5 Å². The molecular weight excluding hydrogens is 485 g/mol. The molecule has 184 valence electrons. The molecule has 2 amide bonds. The fourth-order valence-electron chi connectivity index (χ4n) is 3.53. The van der Waals surface area contributed by atoms with Gasteiger partial charge in [-0.2, -0.15) is 0 Å². The van der Waals surface area contributed by atoms with Crippen LogP contribution in [0.3, 0.4) is 0 Å². The van der Waals surface area contributed by atoms with Gasteiger partial charge in [-0.15, -0.1) is 24.5 Å². The minimum Gasteiger partial charge on any atom is -0.404 e. The second kappa shape index (κ2) is 10.4. The van der Waals surface area contributed by atoms with Gasteiger partial charge in [-0.05, 0) is 29.3 Å². The highest BCUT2D eigenvalue weighted by atomic mass is 32.1. The largest absolute Gasteiger partial charge is 0.573 e. The number of ether oxygens (including phenoxy) is 2. The van der Waals surface area contributed by atoms with Crippen LogP contribution in [0, 0.1) is 0 Å². The zero-order valence-corrected chi connectivity index (χ0v) is 19.1. The maximum atomic E-state index is 13.0. The number of primary amides is 1. The average Bonchev–Trinajstić information content (AvgIpc) is 3.31. The number of aromatic nitrogens is 1. The molecule has 2 aromatic carbocycles. The number of halogens is 3. The molecule has 0 aliphatic carbocycles. The van der Waals surface area contributed by atoms with Crippen LogP contribution in [0.1, 0.15) is 9.67 Å². The maximum absolute atomic E-state index is 13.0. The van der Waals surface area contributed by atoms with Crippen LogP contribution in [0.25, 0.3) is 21.7 Å². The van der Waals surface area contributed by atoms with Crippen LogP contribution in [0.2, 0.25) is 0 Å². The third kappa shape index (κ3) is 6.56. The first-order valence-corrected chi connectivity index (χ1v) is 11.4. The fraction of sp³-hybridized carbons (Fsp3) is 0.261. The summed E-state index contributed by atoms with van der Waals surface area (Å²) in [4.78, 5) is 30.3. The summed E-state index contributed by atoms with van der Waals surface area (Å²) in [5, 5.41) is 3.11. The molecule has 0 spiro atoms. The van der Waals surface area contributed by atoms with E-state index in [9.17, 15) is 22.8 Å². The monoisotopic (exact) mass is 506 g/mol. The normalized spacial score (nSPS) is 14.5. The van der Waals surface area contributed by atoms with Gasteiger partial charge in [-0.3, -0.25) is 14.5 Å². The molecular formula is C23H21F3N4O4S. The minimum atomic E-state index is -4.92. The number of thiazole rings is 1. The third-order valence-corrected chi connectivity index (χ3v) is 6.20. The number of morpholine rings is 1. The summed E-state index contributed by atoms with van der Waals surface area (Å²) in [7, 11) is 0. The van der Waals surface area contributed by atoms with E-state index < -0.39 is 23.9 Å². The number of rotatable bonds is 7. The maximum Gasteiger partial charge on any atom is 0.573 e. The molecule has 1 aliphatic heterocycles. The van der Waals surface area contributed by atoms with Crippen molar-refractivity contribution in [2.45, 2.75) is 6.36 Å². The van der Waals surface area contributed by atoms with Crippen LogP contribution in [-0.2, 0) is 9.53 Å². The van der Waals surface area contributed by atoms with Crippen LogP contribution in [0.4, 0.5) is 18.9 Å². The van der Waals surface area contributed by atoms with E-state index >= 15 is 0 Å². The minimum absolute atomic E-state index is 0.0147. The highest BCUT2D eigenvalue weighted by molar-refractivity contribution is 7.16. The van der Waals surface area contributed by atoms with Crippen LogP contribution >= 0.6 is 11.3 Å². The molecule has 4 rings (SSSR count). The molecule has 8 nitrogen and oxygen atoms in total. The van der Waals surface area contributed by atoms with Crippen molar-refractivity contribution < 1.29 is 32.2 Å². The topological polar surface area (TPSA) is 107 Å². The Labute approximate surface area is 202 Å².